The van der Waals surface area contributed by atoms with E-state index in [4.69, 9.17) is 9.84 Å². The minimum absolute atomic E-state index is 0.0138. The number of benzene rings is 1. The van der Waals surface area contributed by atoms with Gasteiger partial charge in [-0.3, -0.25) is 4.79 Å². The lowest BCUT2D eigenvalue weighted by Gasteiger charge is -2.23. The van der Waals surface area contributed by atoms with Crippen molar-refractivity contribution in [3.05, 3.63) is 29.3 Å². The highest BCUT2D eigenvalue weighted by atomic mass is 16.5. The normalized spacial score (nSPS) is 19.1. The molecule has 0 radical (unpaired) electrons. The number of carboxylic acids is 1. The molecule has 1 saturated heterocycles. The van der Waals surface area contributed by atoms with E-state index in [2.05, 4.69) is 5.32 Å². The van der Waals surface area contributed by atoms with E-state index in [0.717, 1.165) is 24.2 Å². The van der Waals surface area contributed by atoms with Crippen LogP contribution in [-0.4, -0.2) is 30.8 Å². The van der Waals surface area contributed by atoms with Gasteiger partial charge in [-0.15, -0.1) is 0 Å². The first kappa shape index (κ1) is 13.9. The van der Waals surface area contributed by atoms with Gasteiger partial charge in [0.15, 0.2) is 0 Å². The van der Waals surface area contributed by atoms with Gasteiger partial charge >= 0.3 is 5.97 Å². The zero-order chi connectivity index (χ0) is 13.7. The quantitative estimate of drug-likeness (QED) is 0.853. The van der Waals surface area contributed by atoms with Crippen LogP contribution in [0.2, 0.25) is 0 Å². The number of aryl methyl sites for hydroxylation is 1. The van der Waals surface area contributed by atoms with Crippen LogP contribution in [0.3, 0.4) is 0 Å². The molecule has 1 fully saturated rings. The van der Waals surface area contributed by atoms with Gasteiger partial charge in [-0.25, -0.2) is 0 Å². The van der Waals surface area contributed by atoms with Crippen molar-refractivity contribution in [3.63, 3.8) is 0 Å². The Morgan fingerprint density at radius 3 is 3.05 bits per heavy atom. The third-order valence-corrected chi connectivity index (χ3v) is 3.43. The molecule has 0 amide bonds. The van der Waals surface area contributed by atoms with Crippen LogP contribution in [0.1, 0.15) is 24.0 Å². The SMILES string of the molecule is Cc1ccc(OCC2CCCNC2)c(CC(=O)O)c1. The standard InChI is InChI=1S/C15H21NO3/c1-11-4-5-14(13(7-11)8-15(17)18)19-10-12-3-2-6-16-9-12/h4-5,7,12,16H,2-3,6,8-10H2,1H3,(H,17,18). The second-order valence-corrected chi connectivity index (χ2v) is 5.21. The van der Waals surface area contributed by atoms with Gasteiger partial charge in [0.2, 0.25) is 0 Å². The summed E-state index contributed by atoms with van der Waals surface area (Å²) in [5.74, 6) is 0.404. The van der Waals surface area contributed by atoms with Crippen LogP contribution in [0.25, 0.3) is 0 Å². The van der Waals surface area contributed by atoms with Crippen LogP contribution in [-0.2, 0) is 11.2 Å². The molecule has 1 heterocycles. The van der Waals surface area contributed by atoms with Crippen LogP contribution in [0.15, 0.2) is 18.2 Å². The van der Waals surface area contributed by atoms with Crippen molar-refractivity contribution in [2.75, 3.05) is 19.7 Å². The Kier molecular flexibility index (Phi) is 4.80. The molecule has 1 aromatic rings. The van der Waals surface area contributed by atoms with Crippen LogP contribution >= 0.6 is 0 Å². The van der Waals surface area contributed by atoms with Crippen molar-refractivity contribution >= 4 is 5.97 Å². The zero-order valence-electron chi connectivity index (χ0n) is 11.3. The van der Waals surface area contributed by atoms with Crippen LogP contribution in [0.4, 0.5) is 0 Å². The summed E-state index contributed by atoms with van der Waals surface area (Å²) in [6.45, 7) is 4.69. The second-order valence-electron chi connectivity index (χ2n) is 5.21. The fourth-order valence-corrected chi connectivity index (χ4v) is 2.42. The molecule has 1 aromatic carbocycles. The number of carboxylic acid groups (broad SMARTS) is 1. The Bertz CT molecular complexity index is 439. The predicted molar refractivity (Wildman–Crippen MR) is 73.6 cm³/mol. The van der Waals surface area contributed by atoms with Gasteiger partial charge < -0.3 is 15.2 Å². The molecule has 1 aliphatic rings. The van der Waals surface area contributed by atoms with Crippen molar-refractivity contribution in [1.82, 2.24) is 5.32 Å². The number of aliphatic carboxylic acids is 1. The van der Waals surface area contributed by atoms with Gasteiger partial charge in [0.1, 0.15) is 5.75 Å². The third kappa shape index (κ3) is 4.24. The topological polar surface area (TPSA) is 58.6 Å². The average Bonchev–Trinajstić information content (AvgIpc) is 2.38. The van der Waals surface area contributed by atoms with Crippen LogP contribution < -0.4 is 10.1 Å². The van der Waals surface area contributed by atoms with Crippen LogP contribution in [0, 0.1) is 12.8 Å². The maximum Gasteiger partial charge on any atom is 0.307 e. The van der Waals surface area contributed by atoms with E-state index < -0.39 is 5.97 Å². The van der Waals surface area contributed by atoms with E-state index in [9.17, 15) is 4.79 Å². The van der Waals surface area contributed by atoms with Crippen molar-refractivity contribution in [1.29, 1.82) is 0 Å². The Morgan fingerprint density at radius 1 is 1.53 bits per heavy atom. The minimum atomic E-state index is -0.824. The van der Waals surface area contributed by atoms with Gasteiger partial charge in [-0.05, 0) is 32.4 Å². The summed E-state index contributed by atoms with van der Waals surface area (Å²) in [7, 11) is 0. The molecule has 4 heteroatoms. The smallest absolute Gasteiger partial charge is 0.307 e. The Labute approximate surface area is 113 Å². The number of rotatable bonds is 5. The molecule has 0 aromatic heterocycles. The molecule has 19 heavy (non-hydrogen) atoms. The van der Waals surface area contributed by atoms with Gasteiger partial charge in [-0.2, -0.15) is 0 Å². The molecule has 0 saturated carbocycles. The summed E-state index contributed by atoms with van der Waals surface area (Å²) in [5.41, 5.74) is 1.82. The molecule has 104 valence electrons. The first-order chi connectivity index (χ1) is 9.15. The molecule has 0 bridgehead atoms. The first-order valence-electron chi connectivity index (χ1n) is 6.80. The number of hydrogen-bond donors (Lipinski definition) is 2. The summed E-state index contributed by atoms with van der Waals surface area (Å²) in [4.78, 5) is 10.9. The largest absolute Gasteiger partial charge is 0.493 e. The molecule has 0 aliphatic carbocycles. The molecule has 2 rings (SSSR count). The van der Waals surface area contributed by atoms with E-state index in [1.54, 1.807) is 0 Å². The zero-order valence-corrected chi connectivity index (χ0v) is 11.3. The van der Waals surface area contributed by atoms with E-state index in [0.29, 0.717) is 18.3 Å². The lowest BCUT2D eigenvalue weighted by atomic mass is 10.0. The highest BCUT2D eigenvalue weighted by molar-refractivity contribution is 5.71. The van der Waals surface area contributed by atoms with Gasteiger partial charge in [0.05, 0.1) is 13.0 Å². The Morgan fingerprint density at radius 2 is 2.37 bits per heavy atom. The van der Waals surface area contributed by atoms with E-state index in [-0.39, 0.29) is 6.42 Å². The highest BCUT2D eigenvalue weighted by Crippen LogP contribution is 2.22. The van der Waals surface area contributed by atoms with Crippen molar-refractivity contribution in [3.8, 4) is 5.75 Å². The molecule has 1 atom stereocenters. The van der Waals surface area contributed by atoms with Gasteiger partial charge in [0, 0.05) is 18.0 Å². The second kappa shape index (κ2) is 6.57. The van der Waals surface area contributed by atoms with Gasteiger partial charge in [0.25, 0.3) is 0 Å². The van der Waals surface area contributed by atoms with E-state index in [1.807, 2.05) is 25.1 Å². The lowest BCUT2D eigenvalue weighted by Crippen LogP contribution is -2.33. The molecular weight excluding hydrogens is 242 g/mol. The molecule has 1 unspecified atom stereocenters. The maximum atomic E-state index is 10.9. The molecule has 2 N–H and O–H groups in total. The Hall–Kier alpha value is -1.55. The lowest BCUT2D eigenvalue weighted by molar-refractivity contribution is -0.136. The highest BCUT2D eigenvalue weighted by Gasteiger charge is 2.15. The summed E-state index contributed by atoms with van der Waals surface area (Å²) in [5, 5.41) is 12.3. The number of nitrogens with one attached hydrogen (secondary N) is 1. The van der Waals surface area contributed by atoms with Crippen molar-refractivity contribution < 1.29 is 14.6 Å². The molecular formula is C15H21NO3. The van der Waals surface area contributed by atoms with E-state index >= 15 is 0 Å². The summed E-state index contributed by atoms with van der Waals surface area (Å²) < 4.78 is 5.83. The fourth-order valence-electron chi connectivity index (χ4n) is 2.42. The Balaban J connectivity index is 1.99. The van der Waals surface area contributed by atoms with Gasteiger partial charge in [-0.1, -0.05) is 17.7 Å². The average molecular weight is 263 g/mol. The van der Waals surface area contributed by atoms with Crippen molar-refractivity contribution in [2.45, 2.75) is 26.2 Å². The first-order valence-corrected chi connectivity index (χ1v) is 6.80. The number of piperidine rings is 1. The summed E-state index contributed by atoms with van der Waals surface area (Å²) in [6.07, 6.45) is 2.37. The monoisotopic (exact) mass is 263 g/mol. The predicted octanol–water partition coefficient (Wildman–Crippen LogP) is 2.00. The summed E-state index contributed by atoms with van der Waals surface area (Å²) in [6, 6.07) is 5.73. The van der Waals surface area contributed by atoms with Crippen LogP contribution in [0.5, 0.6) is 5.75 Å². The summed E-state index contributed by atoms with van der Waals surface area (Å²) >= 11 is 0. The van der Waals surface area contributed by atoms with Crippen molar-refractivity contribution in [2.24, 2.45) is 5.92 Å². The third-order valence-electron chi connectivity index (χ3n) is 3.43. The number of ether oxygens (including phenoxy) is 1. The van der Waals surface area contributed by atoms with E-state index in [1.165, 1.54) is 12.8 Å². The minimum Gasteiger partial charge on any atom is -0.493 e. The molecule has 4 nitrogen and oxygen atoms in total. The maximum absolute atomic E-state index is 10.9. The molecule has 0 spiro atoms. The fraction of sp³-hybridized carbons (Fsp3) is 0.533. The number of hydrogen-bond acceptors (Lipinski definition) is 3. The molecule has 1 aliphatic heterocycles. The number of carbonyl (C=O) groups is 1.